The Morgan fingerprint density at radius 2 is 1.88 bits per heavy atom. The second-order valence-electron chi connectivity index (χ2n) is 5.87. The molecular weight excluding hydrogens is 366 g/mol. The van der Waals surface area contributed by atoms with Gasteiger partial charge in [-0.05, 0) is 43.2 Å². The Morgan fingerprint density at radius 1 is 1.17 bits per heavy atom. The fourth-order valence-corrected chi connectivity index (χ4v) is 3.10. The molecule has 2 atom stereocenters. The van der Waals surface area contributed by atoms with Crippen molar-refractivity contribution in [2.45, 2.75) is 32.4 Å². The zero-order chi connectivity index (χ0) is 17.1. The Balaban J connectivity index is 1.86. The maximum atomic E-state index is 12.2. The van der Waals surface area contributed by atoms with Gasteiger partial charge in [-0.25, -0.2) is 4.98 Å². The van der Waals surface area contributed by atoms with E-state index in [4.69, 9.17) is 0 Å². The van der Waals surface area contributed by atoms with Crippen LogP contribution in [-0.2, 0) is 0 Å². The highest BCUT2D eigenvalue weighted by molar-refractivity contribution is 9.10. The molecule has 4 nitrogen and oxygen atoms in total. The predicted octanol–water partition coefficient (Wildman–Crippen LogP) is 4.49. The SMILES string of the molecule is CC[C@@H](N[C@H](C)c1nc2ccccc2c(=O)[nH]1)c1ccc(Br)cc1. The summed E-state index contributed by atoms with van der Waals surface area (Å²) in [6.45, 7) is 4.16. The van der Waals surface area contributed by atoms with Gasteiger partial charge in [-0.15, -0.1) is 0 Å². The predicted molar refractivity (Wildman–Crippen MR) is 101 cm³/mol. The monoisotopic (exact) mass is 385 g/mol. The van der Waals surface area contributed by atoms with Crippen molar-refractivity contribution in [3.8, 4) is 0 Å². The van der Waals surface area contributed by atoms with Gasteiger partial charge in [0.05, 0.1) is 16.9 Å². The summed E-state index contributed by atoms with van der Waals surface area (Å²) < 4.78 is 1.06. The Morgan fingerprint density at radius 3 is 2.58 bits per heavy atom. The molecule has 0 aliphatic heterocycles. The first-order valence-electron chi connectivity index (χ1n) is 8.09. The maximum absolute atomic E-state index is 12.2. The van der Waals surface area contributed by atoms with Crippen LogP contribution < -0.4 is 10.9 Å². The van der Waals surface area contributed by atoms with Crippen molar-refractivity contribution in [2.24, 2.45) is 0 Å². The van der Waals surface area contributed by atoms with E-state index in [2.05, 4.69) is 50.3 Å². The summed E-state index contributed by atoms with van der Waals surface area (Å²) in [5, 5.41) is 4.18. The highest BCUT2D eigenvalue weighted by Gasteiger charge is 2.16. The molecule has 1 heterocycles. The van der Waals surface area contributed by atoms with Crippen LogP contribution >= 0.6 is 15.9 Å². The molecule has 24 heavy (non-hydrogen) atoms. The van der Waals surface area contributed by atoms with E-state index in [1.54, 1.807) is 6.07 Å². The Labute approximate surface area is 149 Å². The van der Waals surface area contributed by atoms with Gasteiger partial charge in [-0.2, -0.15) is 0 Å². The summed E-state index contributed by atoms with van der Waals surface area (Å²) in [6, 6.07) is 15.8. The number of aromatic amines is 1. The number of H-pyrrole nitrogens is 1. The zero-order valence-electron chi connectivity index (χ0n) is 13.7. The highest BCUT2D eigenvalue weighted by Crippen LogP contribution is 2.22. The first-order valence-corrected chi connectivity index (χ1v) is 8.88. The second kappa shape index (κ2) is 7.28. The van der Waals surface area contributed by atoms with E-state index in [1.807, 2.05) is 37.3 Å². The number of rotatable bonds is 5. The van der Waals surface area contributed by atoms with Gasteiger partial charge >= 0.3 is 0 Å². The summed E-state index contributed by atoms with van der Waals surface area (Å²) in [4.78, 5) is 19.7. The van der Waals surface area contributed by atoms with Crippen molar-refractivity contribution in [3.05, 3.63) is 74.7 Å². The summed E-state index contributed by atoms with van der Waals surface area (Å²) in [5.41, 5.74) is 1.85. The molecule has 1 aromatic heterocycles. The van der Waals surface area contributed by atoms with E-state index < -0.39 is 0 Å². The minimum absolute atomic E-state index is 0.0593. The first-order chi connectivity index (χ1) is 11.6. The molecule has 0 aliphatic carbocycles. The third-order valence-corrected chi connectivity index (χ3v) is 4.70. The molecule has 3 aromatic rings. The van der Waals surface area contributed by atoms with Gasteiger partial charge in [-0.3, -0.25) is 4.79 Å². The Kier molecular flexibility index (Phi) is 5.11. The number of hydrogen-bond donors (Lipinski definition) is 2. The van der Waals surface area contributed by atoms with E-state index in [1.165, 1.54) is 5.56 Å². The van der Waals surface area contributed by atoms with Crippen LogP contribution in [0.25, 0.3) is 10.9 Å². The van der Waals surface area contributed by atoms with Gasteiger partial charge < -0.3 is 10.3 Å². The van der Waals surface area contributed by atoms with E-state index in [9.17, 15) is 4.79 Å². The van der Waals surface area contributed by atoms with E-state index in [0.29, 0.717) is 11.2 Å². The molecule has 2 aromatic carbocycles. The number of nitrogens with one attached hydrogen (secondary N) is 2. The number of hydrogen-bond acceptors (Lipinski definition) is 3. The molecule has 0 saturated carbocycles. The number of fused-ring (bicyclic) bond motifs is 1. The van der Waals surface area contributed by atoms with Crippen LogP contribution in [0, 0.1) is 0 Å². The van der Waals surface area contributed by atoms with Crippen LogP contribution in [0.3, 0.4) is 0 Å². The molecular formula is C19H20BrN3O. The van der Waals surface area contributed by atoms with Crippen molar-refractivity contribution in [1.82, 2.24) is 15.3 Å². The van der Waals surface area contributed by atoms with Crippen molar-refractivity contribution in [2.75, 3.05) is 0 Å². The lowest BCUT2D eigenvalue weighted by molar-refractivity contribution is 0.443. The normalized spacial score (nSPS) is 13.8. The molecule has 3 rings (SSSR count). The molecule has 0 radical (unpaired) electrons. The lowest BCUT2D eigenvalue weighted by Gasteiger charge is -2.22. The lowest BCUT2D eigenvalue weighted by atomic mass is 10.0. The highest BCUT2D eigenvalue weighted by atomic mass is 79.9. The van der Waals surface area contributed by atoms with Gasteiger partial charge in [0.15, 0.2) is 0 Å². The minimum Gasteiger partial charge on any atom is -0.309 e. The number of benzene rings is 2. The fraction of sp³-hybridized carbons (Fsp3) is 0.263. The maximum Gasteiger partial charge on any atom is 0.258 e. The Bertz CT molecular complexity index is 889. The van der Waals surface area contributed by atoms with Gasteiger partial charge in [0.1, 0.15) is 5.82 Å². The van der Waals surface area contributed by atoms with Gasteiger partial charge in [-0.1, -0.05) is 47.1 Å². The van der Waals surface area contributed by atoms with Crippen LogP contribution in [0.4, 0.5) is 0 Å². The van der Waals surface area contributed by atoms with Crippen molar-refractivity contribution in [3.63, 3.8) is 0 Å². The summed E-state index contributed by atoms with van der Waals surface area (Å²) in [7, 11) is 0. The zero-order valence-corrected chi connectivity index (χ0v) is 15.3. The molecule has 0 saturated heterocycles. The van der Waals surface area contributed by atoms with Crippen LogP contribution in [-0.4, -0.2) is 9.97 Å². The van der Waals surface area contributed by atoms with Gasteiger partial charge in [0.25, 0.3) is 5.56 Å². The van der Waals surface area contributed by atoms with Crippen LogP contribution in [0.5, 0.6) is 0 Å². The van der Waals surface area contributed by atoms with Crippen molar-refractivity contribution in [1.29, 1.82) is 0 Å². The molecule has 5 heteroatoms. The summed E-state index contributed by atoms with van der Waals surface area (Å²) in [5.74, 6) is 0.661. The molecule has 0 aliphatic rings. The average Bonchev–Trinajstić information content (AvgIpc) is 2.60. The smallest absolute Gasteiger partial charge is 0.258 e. The molecule has 0 bridgehead atoms. The third kappa shape index (κ3) is 3.57. The average molecular weight is 386 g/mol. The Hall–Kier alpha value is -1.98. The summed E-state index contributed by atoms with van der Waals surface area (Å²) in [6.07, 6.45) is 0.948. The largest absolute Gasteiger partial charge is 0.309 e. The molecule has 0 fully saturated rings. The summed E-state index contributed by atoms with van der Waals surface area (Å²) >= 11 is 3.46. The van der Waals surface area contributed by atoms with Crippen molar-refractivity contribution >= 4 is 26.8 Å². The number of para-hydroxylation sites is 1. The van der Waals surface area contributed by atoms with Gasteiger partial charge in [0, 0.05) is 10.5 Å². The van der Waals surface area contributed by atoms with Gasteiger partial charge in [0.2, 0.25) is 0 Å². The minimum atomic E-state index is -0.0964. The van der Waals surface area contributed by atoms with Crippen LogP contribution in [0.15, 0.2) is 57.8 Å². The number of nitrogens with zero attached hydrogens (tertiary/aromatic N) is 1. The number of halogens is 1. The molecule has 124 valence electrons. The van der Waals surface area contributed by atoms with Crippen LogP contribution in [0.2, 0.25) is 0 Å². The van der Waals surface area contributed by atoms with Crippen molar-refractivity contribution < 1.29 is 0 Å². The first kappa shape index (κ1) is 16.9. The third-order valence-electron chi connectivity index (χ3n) is 4.17. The molecule has 0 spiro atoms. The quantitative estimate of drug-likeness (QED) is 0.680. The van der Waals surface area contributed by atoms with E-state index >= 15 is 0 Å². The molecule has 0 amide bonds. The second-order valence-corrected chi connectivity index (χ2v) is 6.78. The fourth-order valence-electron chi connectivity index (χ4n) is 2.84. The standard InChI is InChI=1S/C19H20BrN3O/c1-3-16(13-8-10-14(20)11-9-13)21-12(2)18-22-17-7-5-4-6-15(17)19(24)23-18/h4-12,16,21H,3H2,1-2H3,(H,22,23,24)/t12-,16-/m1/s1. The van der Waals surface area contributed by atoms with E-state index in [0.717, 1.165) is 16.4 Å². The molecule has 0 unspecified atom stereocenters. The van der Waals surface area contributed by atoms with Crippen LogP contribution in [0.1, 0.15) is 43.7 Å². The van der Waals surface area contributed by atoms with E-state index in [-0.39, 0.29) is 17.6 Å². The lowest BCUT2D eigenvalue weighted by Crippen LogP contribution is -2.27. The number of aromatic nitrogens is 2. The topological polar surface area (TPSA) is 57.8 Å². The molecule has 2 N–H and O–H groups in total.